The molecule has 198 valence electrons. The third-order valence-electron chi connectivity index (χ3n) is 8.47. The second-order valence-corrected chi connectivity index (χ2v) is 10.8. The fraction of sp³-hybridized carbons (Fsp3) is 0.312. The van der Waals surface area contributed by atoms with E-state index < -0.39 is 5.41 Å². The van der Waals surface area contributed by atoms with E-state index in [0.717, 1.165) is 90.4 Å². The minimum absolute atomic E-state index is 0.0792. The van der Waals surface area contributed by atoms with Crippen LogP contribution in [-0.2, 0) is 21.5 Å². The Bertz CT molecular complexity index is 1570. The van der Waals surface area contributed by atoms with Gasteiger partial charge < -0.3 is 14.8 Å². The van der Waals surface area contributed by atoms with Crippen LogP contribution in [0.25, 0.3) is 23.1 Å². The number of nitrogens with one attached hydrogen (secondary N) is 2. The third-order valence-corrected chi connectivity index (χ3v) is 8.47. The molecule has 3 heterocycles. The molecular formula is C32H32N4O3. The van der Waals surface area contributed by atoms with Gasteiger partial charge in [0.2, 0.25) is 5.91 Å². The molecule has 3 aliphatic rings. The Kier molecular flexibility index (Phi) is 5.98. The maximum atomic E-state index is 13.0. The molecule has 7 nitrogen and oxygen atoms in total. The number of benzene rings is 3. The summed E-state index contributed by atoms with van der Waals surface area (Å²) >= 11 is 0. The highest BCUT2D eigenvalue weighted by Crippen LogP contribution is 2.65. The van der Waals surface area contributed by atoms with Crippen LogP contribution in [-0.4, -0.2) is 54.4 Å². The summed E-state index contributed by atoms with van der Waals surface area (Å²) in [6.45, 7) is 4.73. The van der Waals surface area contributed by atoms with Gasteiger partial charge in [0.25, 0.3) is 0 Å². The zero-order chi connectivity index (χ0) is 26.4. The number of H-pyrrole nitrogens is 1. The van der Waals surface area contributed by atoms with Crippen LogP contribution in [0.15, 0.2) is 60.7 Å². The van der Waals surface area contributed by atoms with Gasteiger partial charge in [0.1, 0.15) is 5.75 Å². The van der Waals surface area contributed by atoms with Crippen LogP contribution < -0.4 is 10.1 Å². The van der Waals surface area contributed by atoms with E-state index in [9.17, 15) is 4.79 Å². The molecule has 1 spiro atoms. The topological polar surface area (TPSA) is 79.5 Å². The number of hydrogen-bond donors (Lipinski definition) is 2. The van der Waals surface area contributed by atoms with Gasteiger partial charge in [0.15, 0.2) is 0 Å². The number of ether oxygens (including phenoxy) is 2. The normalized spacial score (nSPS) is 22.8. The largest absolute Gasteiger partial charge is 0.497 e. The molecule has 7 heteroatoms. The summed E-state index contributed by atoms with van der Waals surface area (Å²) in [5.74, 6) is 0.992. The average molecular weight is 521 g/mol. The van der Waals surface area contributed by atoms with Gasteiger partial charge in [-0.2, -0.15) is 5.10 Å². The number of carbonyl (C=O) groups is 1. The van der Waals surface area contributed by atoms with E-state index in [1.54, 1.807) is 7.11 Å². The summed E-state index contributed by atoms with van der Waals surface area (Å²) in [4.78, 5) is 15.5. The second-order valence-electron chi connectivity index (χ2n) is 10.8. The zero-order valence-corrected chi connectivity index (χ0v) is 22.1. The lowest BCUT2D eigenvalue weighted by molar-refractivity contribution is -0.118. The molecule has 3 aromatic carbocycles. The molecule has 0 radical (unpaired) electrons. The average Bonchev–Trinajstić information content (AvgIpc) is 3.60. The molecule has 7 rings (SSSR count). The van der Waals surface area contributed by atoms with Crippen molar-refractivity contribution < 1.29 is 14.3 Å². The van der Waals surface area contributed by atoms with Crippen molar-refractivity contribution in [1.82, 2.24) is 15.1 Å². The minimum Gasteiger partial charge on any atom is -0.497 e. The smallest absolute Gasteiger partial charge is 0.235 e. The summed E-state index contributed by atoms with van der Waals surface area (Å²) < 4.78 is 11.0. The number of hydrogen-bond acceptors (Lipinski definition) is 5. The van der Waals surface area contributed by atoms with E-state index in [0.29, 0.717) is 0 Å². The van der Waals surface area contributed by atoms with Crippen molar-refractivity contribution >= 4 is 34.6 Å². The number of aromatic nitrogens is 2. The Labute approximate surface area is 227 Å². The number of nitrogens with zero attached hydrogens (tertiary/aromatic N) is 2. The number of aromatic amines is 1. The highest BCUT2D eigenvalue weighted by atomic mass is 16.5. The summed E-state index contributed by atoms with van der Waals surface area (Å²) in [5.41, 5.74) is 6.93. The molecule has 2 N–H and O–H groups in total. The summed E-state index contributed by atoms with van der Waals surface area (Å²) in [7, 11) is 1.66. The van der Waals surface area contributed by atoms with Gasteiger partial charge in [-0.25, -0.2) is 0 Å². The highest BCUT2D eigenvalue weighted by molar-refractivity contribution is 6.10. The number of amides is 1. The summed E-state index contributed by atoms with van der Waals surface area (Å²) in [6.07, 6.45) is 6.06. The Morgan fingerprint density at radius 2 is 1.97 bits per heavy atom. The molecule has 1 saturated heterocycles. The summed E-state index contributed by atoms with van der Waals surface area (Å²) in [6, 6.07) is 21.0. The molecule has 1 saturated carbocycles. The zero-order valence-electron chi connectivity index (χ0n) is 22.1. The molecule has 1 aliphatic carbocycles. The fourth-order valence-electron chi connectivity index (χ4n) is 6.22. The van der Waals surface area contributed by atoms with Gasteiger partial charge in [-0.05, 0) is 65.4 Å². The maximum Gasteiger partial charge on any atom is 0.235 e. The van der Waals surface area contributed by atoms with Crippen LogP contribution in [0.3, 0.4) is 0 Å². The van der Waals surface area contributed by atoms with Crippen molar-refractivity contribution in [2.45, 2.75) is 30.7 Å². The van der Waals surface area contributed by atoms with E-state index in [4.69, 9.17) is 9.47 Å². The molecule has 2 atom stereocenters. The van der Waals surface area contributed by atoms with Crippen LogP contribution in [0.1, 0.15) is 46.7 Å². The van der Waals surface area contributed by atoms with E-state index in [1.165, 1.54) is 5.56 Å². The van der Waals surface area contributed by atoms with E-state index in [-0.39, 0.29) is 11.8 Å². The number of rotatable bonds is 6. The van der Waals surface area contributed by atoms with Gasteiger partial charge >= 0.3 is 0 Å². The van der Waals surface area contributed by atoms with Crippen LogP contribution in [0.5, 0.6) is 5.75 Å². The van der Waals surface area contributed by atoms with Crippen molar-refractivity contribution in [3.05, 3.63) is 88.6 Å². The van der Waals surface area contributed by atoms with Gasteiger partial charge in [0, 0.05) is 43.2 Å². The van der Waals surface area contributed by atoms with Gasteiger partial charge in [-0.15, -0.1) is 0 Å². The fourth-order valence-corrected chi connectivity index (χ4v) is 6.22. The highest BCUT2D eigenvalue weighted by Gasteiger charge is 2.65. The van der Waals surface area contributed by atoms with Gasteiger partial charge in [0.05, 0.1) is 30.3 Å². The Hall–Kier alpha value is -3.94. The predicted octanol–water partition coefficient (Wildman–Crippen LogP) is 5.34. The molecule has 1 amide bonds. The van der Waals surface area contributed by atoms with E-state index in [1.807, 2.05) is 18.2 Å². The number of fused-ring (bicyclic) bond motifs is 3. The lowest BCUT2D eigenvalue weighted by Crippen LogP contribution is -2.25. The molecule has 0 unspecified atom stereocenters. The lowest BCUT2D eigenvalue weighted by atomic mass is 9.91. The molecule has 2 fully saturated rings. The molecule has 4 aromatic rings. The number of carbonyl (C=O) groups excluding carboxylic acids is 1. The summed E-state index contributed by atoms with van der Waals surface area (Å²) in [5, 5.41) is 11.9. The molecule has 1 aromatic heterocycles. The van der Waals surface area contributed by atoms with Crippen LogP contribution >= 0.6 is 0 Å². The second kappa shape index (κ2) is 9.67. The maximum absolute atomic E-state index is 13.0. The Morgan fingerprint density at radius 3 is 2.85 bits per heavy atom. The standard InChI is InChI=1S/C32H32N4O3/c1-38-24-9-12-29-26(18-24)32(31(37)33-29)19-27(32)23-8-10-25-28(34-35-30(25)17-23)11-7-21-3-5-22(6-4-21)20-36-13-2-15-39-16-14-36/h3-12,17-18,27H,2,13-16,19-20H2,1H3,(H,33,37)(H,34,35)/t27-,32-/m0/s1. The van der Waals surface area contributed by atoms with E-state index in [2.05, 4.69) is 75.0 Å². The monoisotopic (exact) mass is 520 g/mol. The Balaban J connectivity index is 1.07. The number of methoxy groups -OCH3 is 1. The lowest BCUT2D eigenvalue weighted by Gasteiger charge is -2.19. The predicted molar refractivity (Wildman–Crippen MR) is 153 cm³/mol. The van der Waals surface area contributed by atoms with Crippen molar-refractivity contribution in [2.75, 3.05) is 38.7 Å². The van der Waals surface area contributed by atoms with Crippen molar-refractivity contribution in [3.8, 4) is 5.75 Å². The molecular weight excluding hydrogens is 488 g/mol. The van der Waals surface area contributed by atoms with Gasteiger partial charge in [-0.1, -0.05) is 42.5 Å². The first kappa shape index (κ1) is 24.1. The first-order valence-electron chi connectivity index (χ1n) is 13.7. The third kappa shape index (κ3) is 4.32. The van der Waals surface area contributed by atoms with Crippen molar-refractivity contribution in [1.29, 1.82) is 0 Å². The van der Waals surface area contributed by atoms with Gasteiger partial charge in [-0.3, -0.25) is 14.8 Å². The van der Waals surface area contributed by atoms with E-state index >= 15 is 0 Å². The van der Waals surface area contributed by atoms with Crippen LogP contribution in [0.4, 0.5) is 5.69 Å². The minimum atomic E-state index is -0.506. The van der Waals surface area contributed by atoms with Crippen molar-refractivity contribution in [2.24, 2.45) is 0 Å². The first-order chi connectivity index (χ1) is 19.1. The van der Waals surface area contributed by atoms with Crippen LogP contribution in [0.2, 0.25) is 0 Å². The Morgan fingerprint density at radius 1 is 1.08 bits per heavy atom. The molecule has 39 heavy (non-hydrogen) atoms. The molecule has 2 aliphatic heterocycles. The molecule has 0 bridgehead atoms. The first-order valence-corrected chi connectivity index (χ1v) is 13.7. The van der Waals surface area contributed by atoms with Crippen LogP contribution in [0, 0.1) is 0 Å². The SMILES string of the molecule is COc1ccc2c(c1)[C@]1(C[C@H]1c1ccc3c(C=Cc4ccc(CN5CCCOCC5)cc4)n[nH]c3c1)C(=O)N2. The quantitative estimate of drug-likeness (QED) is 0.359. The van der Waals surface area contributed by atoms with Crippen molar-refractivity contribution in [3.63, 3.8) is 0 Å². The number of anilines is 1.